The Balaban J connectivity index is 1.31. The summed E-state index contributed by atoms with van der Waals surface area (Å²) in [5.41, 5.74) is 1.71. The topological polar surface area (TPSA) is 110 Å². The minimum absolute atomic E-state index is 0.0256. The quantitative estimate of drug-likeness (QED) is 0.449. The lowest BCUT2D eigenvalue weighted by Crippen LogP contribution is -2.48. The molecule has 1 amide bonds. The number of piperazine rings is 1. The highest BCUT2D eigenvalue weighted by Crippen LogP contribution is 2.15. The standard InChI is InChI=1S/C20H21N7O3/c28-20(14-16-6-8-18(9-7-16)27(29)30)25-12-10-24(11-13-25)15-19-21-22-23-26(19)17-4-2-1-3-5-17/h1-9H,10-15H2. The highest BCUT2D eigenvalue weighted by Gasteiger charge is 2.23. The average Bonchev–Trinajstić information content (AvgIpc) is 3.23. The number of nitro groups is 1. The maximum atomic E-state index is 12.6. The van der Waals surface area contributed by atoms with Crippen LogP contribution in [0.4, 0.5) is 5.69 Å². The Morgan fingerprint density at radius 1 is 1.00 bits per heavy atom. The van der Waals surface area contributed by atoms with Gasteiger partial charge in [0.15, 0.2) is 5.82 Å². The molecular formula is C20H21N7O3. The monoisotopic (exact) mass is 407 g/mol. The molecule has 2 aromatic carbocycles. The van der Waals surface area contributed by atoms with E-state index in [1.165, 1.54) is 12.1 Å². The van der Waals surface area contributed by atoms with Gasteiger partial charge in [0.05, 0.1) is 23.6 Å². The van der Waals surface area contributed by atoms with Crippen molar-refractivity contribution in [2.75, 3.05) is 26.2 Å². The molecule has 0 aliphatic carbocycles. The molecule has 0 bridgehead atoms. The fraction of sp³-hybridized carbons (Fsp3) is 0.300. The summed E-state index contributed by atoms with van der Waals surface area (Å²) in [5, 5.41) is 22.8. The van der Waals surface area contributed by atoms with Crippen molar-refractivity contribution in [2.45, 2.75) is 13.0 Å². The van der Waals surface area contributed by atoms with Crippen LogP contribution in [0.25, 0.3) is 5.69 Å². The molecule has 0 N–H and O–H groups in total. The number of nitro benzene ring substituents is 1. The smallest absolute Gasteiger partial charge is 0.269 e. The molecule has 0 saturated carbocycles. The Bertz CT molecular complexity index is 1010. The van der Waals surface area contributed by atoms with Gasteiger partial charge in [-0.3, -0.25) is 19.8 Å². The third-order valence-corrected chi connectivity index (χ3v) is 5.13. The van der Waals surface area contributed by atoms with Gasteiger partial charge in [-0.2, -0.15) is 4.68 Å². The van der Waals surface area contributed by atoms with Crippen LogP contribution in [0.3, 0.4) is 0 Å². The van der Waals surface area contributed by atoms with E-state index in [2.05, 4.69) is 20.4 Å². The van der Waals surface area contributed by atoms with Crippen molar-refractivity contribution in [3.8, 4) is 5.69 Å². The van der Waals surface area contributed by atoms with Crippen molar-refractivity contribution >= 4 is 11.6 Å². The Morgan fingerprint density at radius 2 is 1.70 bits per heavy atom. The van der Waals surface area contributed by atoms with E-state index in [-0.39, 0.29) is 18.0 Å². The first-order valence-corrected chi connectivity index (χ1v) is 9.66. The number of aromatic nitrogens is 4. The Labute approximate surface area is 172 Å². The number of hydrogen-bond donors (Lipinski definition) is 0. The van der Waals surface area contributed by atoms with Crippen LogP contribution in [-0.4, -0.2) is 67.0 Å². The van der Waals surface area contributed by atoms with E-state index < -0.39 is 4.92 Å². The molecule has 1 aliphatic rings. The molecule has 0 atom stereocenters. The normalized spacial score (nSPS) is 14.6. The fourth-order valence-corrected chi connectivity index (χ4v) is 3.45. The number of para-hydroxylation sites is 1. The molecule has 1 saturated heterocycles. The van der Waals surface area contributed by atoms with E-state index in [4.69, 9.17) is 0 Å². The summed E-state index contributed by atoms with van der Waals surface area (Å²) < 4.78 is 1.73. The molecule has 30 heavy (non-hydrogen) atoms. The molecule has 10 nitrogen and oxygen atoms in total. The van der Waals surface area contributed by atoms with E-state index in [1.807, 2.05) is 35.2 Å². The first kappa shape index (κ1) is 19.6. The van der Waals surface area contributed by atoms with Gasteiger partial charge in [0.25, 0.3) is 5.69 Å². The van der Waals surface area contributed by atoms with E-state index in [0.717, 1.165) is 30.2 Å². The number of non-ortho nitro benzene ring substituents is 1. The fourth-order valence-electron chi connectivity index (χ4n) is 3.45. The Morgan fingerprint density at radius 3 is 2.37 bits per heavy atom. The van der Waals surface area contributed by atoms with Gasteiger partial charge in [0, 0.05) is 38.3 Å². The largest absolute Gasteiger partial charge is 0.340 e. The number of tetrazole rings is 1. The number of rotatable bonds is 6. The van der Waals surface area contributed by atoms with Gasteiger partial charge in [-0.1, -0.05) is 30.3 Å². The first-order valence-electron chi connectivity index (χ1n) is 9.66. The maximum absolute atomic E-state index is 12.6. The van der Waals surface area contributed by atoms with E-state index in [0.29, 0.717) is 19.6 Å². The number of amides is 1. The molecule has 1 fully saturated rings. The van der Waals surface area contributed by atoms with Gasteiger partial charge in [-0.25, -0.2) is 0 Å². The molecule has 0 unspecified atom stereocenters. The average molecular weight is 407 g/mol. The summed E-state index contributed by atoms with van der Waals surface area (Å²) in [7, 11) is 0. The molecule has 10 heteroatoms. The zero-order chi connectivity index (χ0) is 20.9. The molecule has 1 aromatic heterocycles. The first-order chi connectivity index (χ1) is 14.6. The van der Waals surface area contributed by atoms with Crippen LogP contribution in [0.5, 0.6) is 0 Å². The molecule has 1 aliphatic heterocycles. The van der Waals surface area contributed by atoms with Crippen molar-refractivity contribution in [2.24, 2.45) is 0 Å². The zero-order valence-corrected chi connectivity index (χ0v) is 16.3. The molecule has 154 valence electrons. The molecular weight excluding hydrogens is 386 g/mol. The van der Waals surface area contributed by atoms with Gasteiger partial charge < -0.3 is 4.90 Å². The van der Waals surface area contributed by atoms with E-state index in [9.17, 15) is 14.9 Å². The van der Waals surface area contributed by atoms with Crippen LogP contribution in [0.15, 0.2) is 54.6 Å². The molecule has 3 aromatic rings. The Hall–Kier alpha value is -3.66. The van der Waals surface area contributed by atoms with Gasteiger partial charge in [-0.15, -0.1) is 5.10 Å². The van der Waals surface area contributed by atoms with Crippen LogP contribution in [0.1, 0.15) is 11.4 Å². The molecule has 0 spiro atoms. The van der Waals surface area contributed by atoms with Crippen molar-refractivity contribution in [3.63, 3.8) is 0 Å². The summed E-state index contributed by atoms with van der Waals surface area (Å²) >= 11 is 0. The number of nitrogens with zero attached hydrogens (tertiary/aromatic N) is 7. The number of carbonyl (C=O) groups excluding carboxylic acids is 1. The molecule has 4 rings (SSSR count). The van der Waals surface area contributed by atoms with Crippen LogP contribution in [0, 0.1) is 10.1 Å². The van der Waals surface area contributed by atoms with Crippen LogP contribution in [-0.2, 0) is 17.8 Å². The Kier molecular flexibility index (Phi) is 5.75. The highest BCUT2D eigenvalue weighted by molar-refractivity contribution is 5.79. The van der Waals surface area contributed by atoms with E-state index in [1.54, 1.807) is 16.8 Å². The lowest BCUT2D eigenvalue weighted by Gasteiger charge is -2.34. The summed E-state index contributed by atoms with van der Waals surface area (Å²) in [5.74, 6) is 0.782. The van der Waals surface area contributed by atoms with Gasteiger partial charge in [0.2, 0.25) is 5.91 Å². The predicted octanol–water partition coefficient (Wildman–Crippen LogP) is 1.46. The maximum Gasteiger partial charge on any atom is 0.269 e. The summed E-state index contributed by atoms with van der Waals surface area (Å²) in [6.45, 7) is 3.31. The third-order valence-electron chi connectivity index (χ3n) is 5.13. The van der Waals surface area contributed by atoms with Gasteiger partial charge >= 0.3 is 0 Å². The zero-order valence-electron chi connectivity index (χ0n) is 16.3. The van der Waals surface area contributed by atoms with Crippen LogP contribution < -0.4 is 0 Å². The van der Waals surface area contributed by atoms with Gasteiger partial charge in [-0.05, 0) is 28.1 Å². The van der Waals surface area contributed by atoms with Crippen molar-refractivity contribution < 1.29 is 9.72 Å². The van der Waals surface area contributed by atoms with Crippen molar-refractivity contribution in [1.82, 2.24) is 30.0 Å². The second kappa shape index (κ2) is 8.78. The third kappa shape index (κ3) is 4.49. The summed E-state index contributed by atoms with van der Waals surface area (Å²) in [4.78, 5) is 26.9. The van der Waals surface area contributed by atoms with Crippen LogP contribution >= 0.6 is 0 Å². The number of carbonyl (C=O) groups is 1. The predicted molar refractivity (Wildman–Crippen MR) is 108 cm³/mol. The lowest BCUT2D eigenvalue weighted by molar-refractivity contribution is -0.384. The second-order valence-corrected chi connectivity index (χ2v) is 7.10. The van der Waals surface area contributed by atoms with Gasteiger partial charge in [0.1, 0.15) is 0 Å². The number of hydrogen-bond acceptors (Lipinski definition) is 7. The molecule has 2 heterocycles. The second-order valence-electron chi connectivity index (χ2n) is 7.10. The highest BCUT2D eigenvalue weighted by atomic mass is 16.6. The number of benzene rings is 2. The lowest BCUT2D eigenvalue weighted by atomic mass is 10.1. The van der Waals surface area contributed by atoms with Crippen molar-refractivity contribution in [1.29, 1.82) is 0 Å². The van der Waals surface area contributed by atoms with E-state index >= 15 is 0 Å². The SMILES string of the molecule is O=C(Cc1ccc([N+](=O)[O-])cc1)N1CCN(Cc2nnnn2-c2ccccc2)CC1. The summed E-state index contributed by atoms with van der Waals surface area (Å²) in [6.07, 6.45) is 0.240. The van der Waals surface area contributed by atoms with Crippen LogP contribution in [0.2, 0.25) is 0 Å². The molecule has 0 radical (unpaired) electrons. The minimum Gasteiger partial charge on any atom is -0.340 e. The minimum atomic E-state index is -0.445. The summed E-state index contributed by atoms with van der Waals surface area (Å²) in [6, 6.07) is 15.9. The van der Waals surface area contributed by atoms with Crippen molar-refractivity contribution in [3.05, 3.63) is 76.1 Å².